The second kappa shape index (κ2) is 8.40. The van der Waals surface area contributed by atoms with Crippen LogP contribution in [0.3, 0.4) is 0 Å². The van der Waals surface area contributed by atoms with Gasteiger partial charge in [0.2, 0.25) is 0 Å². The molecule has 0 saturated carbocycles. The van der Waals surface area contributed by atoms with Gasteiger partial charge in [-0.25, -0.2) is 9.18 Å². The van der Waals surface area contributed by atoms with Crippen LogP contribution in [0.15, 0.2) is 40.2 Å². The fraction of sp³-hybridized carbons (Fsp3) is 0.412. The smallest absolute Gasteiger partial charge is 0.385 e. The molecule has 1 N–H and O–H groups in total. The molecule has 0 spiro atoms. The number of ether oxygens (including phenoxy) is 1. The highest BCUT2D eigenvalue weighted by Crippen LogP contribution is 2.27. The molecule has 2 rings (SSSR count). The van der Waals surface area contributed by atoms with Crippen LogP contribution in [0, 0.1) is 0 Å². The first-order valence-corrected chi connectivity index (χ1v) is 7.77. The molecule has 0 aromatic heterocycles. The number of carbonyl (C=O) groups is 1. The summed E-state index contributed by atoms with van der Waals surface area (Å²) in [6, 6.07) is 7.57. The quantitative estimate of drug-likeness (QED) is 0.609. The van der Waals surface area contributed by atoms with Crippen LogP contribution in [-0.4, -0.2) is 25.8 Å². The summed E-state index contributed by atoms with van der Waals surface area (Å²) >= 11 is 5.97. The minimum absolute atomic E-state index is 0. The van der Waals surface area contributed by atoms with Crippen molar-refractivity contribution < 1.29 is 42.9 Å². The number of amides is 1. The largest absolute Gasteiger partial charge is 1.00 e. The van der Waals surface area contributed by atoms with Crippen molar-refractivity contribution in [1.29, 1.82) is 0 Å². The van der Waals surface area contributed by atoms with E-state index in [1.807, 2.05) is 24.3 Å². The average molecular weight is 467 g/mol. The number of rotatable bonds is 4. The number of nitrogens with one attached hydrogen (secondary N) is 1. The van der Waals surface area contributed by atoms with Crippen LogP contribution < -0.4 is 29.0 Å². The third-order valence-electron chi connectivity index (χ3n) is 3.68. The number of hydrogen-bond acceptors (Lipinski definition) is 3. The van der Waals surface area contributed by atoms with Crippen molar-refractivity contribution in [2.24, 2.45) is 5.10 Å². The molecule has 0 saturated heterocycles. The van der Waals surface area contributed by atoms with Gasteiger partial charge in [-0.1, -0.05) is 61.7 Å². The summed E-state index contributed by atoms with van der Waals surface area (Å²) in [5.41, 5.74) is 1.85. The molecule has 0 bridgehead atoms. The van der Waals surface area contributed by atoms with Gasteiger partial charge in [0.15, 0.2) is 16.9 Å². The summed E-state index contributed by atoms with van der Waals surface area (Å²) < 4.78 is 19.0. The van der Waals surface area contributed by atoms with Gasteiger partial charge in [-0.3, -0.25) is 0 Å². The Bertz CT molecular complexity index is 654. The highest BCUT2D eigenvalue weighted by molar-refractivity contribution is 6.42. The van der Waals surface area contributed by atoms with E-state index in [-0.39, 0.29) is 45.2 Å². The summed E-state index contributed by atoms with van der Waals surface area (Å²) in [5, 5.41) is 4.14. The number of hydrogen-bond donors (Lipinski definition) is 1. The fourth-order valence-electron chi connectivity index (χ4n) is 2.16. The van der Waals surface area contributed by atoms with Crippen molar-refractivity contribution in [3.8, 4) is 0 Å². The molecule has 132 valence electrons. The summed E-state index contributed by atoms with van der Waals surface area (Å²) in [6.07, 6.45) is 0.524. The van der Waals surface area contributed by atoms with Crippen LogP contribution in [0.4, 0.5) is 4.39 Å². The highest BCUT2D eigenvalue weighted by Gasteiger charge is 2.29. The Morgan fingerprint density at radius 2 is 1.88 bits per heavy atom. The second-order valence-corrected chi connectivity index (χ2v) is 6.86. The Hall–Kier alpha value is -0.990. The molecule has 2 atom stereocenters. The number of nitrogens with zero attached hydrogens (tertiary/aromatic N) is 1. The van der Waals surface area contributed by atoms with Crippen LogP contribution >= 0.6 is 11.6 Å². The molecule has 0 radical (unpaired) electrons. The Morgan fingerprint density at radius 1 is 1.29 bits per heavy atom. The van der Waals surface area contributed by atoms with Crippen LogP contribution in [0.5, 0.6) is 0 Å². The molecule has 0 fully saturated rings. The minimum atomic E-state index is -0.828. The van der Waals surface area contributed by atoms with E-state index in [0.29, 0.717) is 5.56 Å². The molecule has 4 nitrogen and oxygen atoms in total. The Morgan fingerprint density at radius 3 is 2.38 bits per heavy atom. The SMILES string of the molecule is C[NH+]1N=CC(OC(CF)c2ccc(C(C)(C)C)cc2)=C(Cl)C1=O.[I-]. The zero-order valence-corrected chi connectivity index (χ0v) is 17.0. The zero-order chi connectivity index (χ0) is 17.2. The second-order valence-electron chi connectivity index (χ2n) is 6.48. The van der Waals surface area contributed by atoms with E-state index >= 15 is 0 Å². The Kier molecular flexibility index (Phi) is 7.37. The molecule has 1 aromatic rings. The zero-order valence-electron chi connectivity index (χ0n) is 14.1. The first-order chi connectivity index (χ1) is 10.7. The molecule has 7 heteroatoms. The molecule has 24 heavy (non-hydrogen) atoms. The van der Waals surface area contributed by atoms with Gasteiger partial charge in [-0.2, -0.15) is 0 Å². The average Bonchev–Trinajstić information content (AvgIpc) is 2.51. The van der Waals surface area contributed by atoms with Crippen molar-refractivity contribution in [3.63, 3.8) is 0 Å². The van der Waals surface area contributed by atoms with E-state index in [4.69, 9.17) is 16.3 Å². The number of quaternary nitrogens is 1. The molecule has 1 heterocycles. The fourth-order valence-corrected chi connectivity index (χ4v) is 2.39. The van der Waals surface area contributed by atoms with Crippen molar-refractivity contribution in [2.45, 2.75) is 32.3 Å². The summed E-state index contributed by atoms with van der Waals surface area (Å²) in [6.45, 7) is 5.60. The molecule has 0 aliphatic carbocycles. The van der Waals surface area contributed by atoms with Crippen molar-refractivity contribution in [1.82, 2.24) is 0 Å². The van der Waals surface area contributed by atoms with Crippen LogP contribution in [0.1, 0.15) is 38.0 Å². The van der Waals surface area contributed by atoms with Gasteiger partial charge in [-0.15, -0.1) is 5.01 Å². The summed E-state index contributed by atoms with van der Waals surface area (Å²) in [5.74, 6) is -0.297. The van der Waals surface area contributed by atoms with Crippen LogP contribution in [0.2, 0.25) is 0 Å². The van der Waals surface area contributed by atoms with E-state index in [1.54, 1.807) is 7.05 Å². The number of benzene rings is 1. The maximum atomic E-state index is 13.4. The summed E-state index contributed by atoms with van der Waals surface area (Å²) in [7, 11) is 1.57. The number of allylic oxidation sites excluding steroid dienone is 1. The number of halogens is 3. The number of carbonyl (C=O) groups excluding carboxylic acids is 1. The van der Waals surface area contributed by atoms with Gasteiger partial charge in [0.1, 0.15) is 12.9 Å². The van der Waals surface area contributed by atoms with E-state index < -0.39 is 18.7 Å². The third kappa shape index (κ3) is 4.77. The lowest BCUT2D eigenvalue weighted by Gasteiger charge is -2.22. The van der Waals surface area contributed by atoms with Crippen LogP contribution in [-0.2, 0) is 14.9 Å². The predicted molar refractivity (Wildman–Crippen MR) is 88.2 cm³/mol. The Balaban J connectivity index is 0.00000288. The van der Waals surface area contributed by atoms with E-state index in [0.717, 1.165) is 5.56 Å². The van der Waals surface area contributed by atoms with Gasteiger partial charge in [-0.05, 0) is 16.5 Å². The van der Waals surface area contributed by atoms with Crippen molar-refractivity contribution in [3.05, 3.63) is 46.2 Å². The lowest BCUT2D eigenvalue weighted by Crippen LogP contribution is -3.07. The van der Waals surface area contributed by atoms with Gasteiger partial charge < -0.3 is 28.7 Å². The minimum Gasteiger partial charge on any atom is -1.00 e. The normalized spacial score (nSPS) is 19.1. The lowest BCUT2D eigenvalue weighted by molar-refractivity contribution is -0.802. The highest BCUT2D eigenvalue weighted by atomic mass is 127. The van der Waals surface area contributed by atoms with Crippen LogP contribution in [0.25, 0.3) is 0 Å². The first kappa shape index (κ1) is 21.1. The third-order valence-corrected chi connectivity index (χ3v) is 4.04. The lowest BCUT2D eigenvalue weighted by atomic mass is 9.86. The Labute approximate surface area is 163 Å². The molecule has 1 aromatic carbocycles. The van der Waals surface area contributed by atoms with Crippen molar-refractivity contribution in [2.75, 3.05) is 13.7 Å². The molecular formula is C17H21ClFIN2O2. The standard InChI is InChI=1S/C17H20ClFN2O2.HI/c1-17(2,3)12-7-5-11(6-8-12)13(9-19)23-14-10-20-21(4)16(22)15(14)18;/h5-8,10,13H,9H2,1-4H3;1H. The van der Waals surface area contributed by atoms with Gasteiger partial charge in [0.25, 0.3) is 0 Å². The van der Waals surface area contributed by atoms with Gasteiger partial charge in [0.05, 0.1) is 7.05 Å². The number of likely N-dealkylation sites (N-methyl/N-ethyl adjacent to an activating group) is 1. The van der Waals surface area contributed by atoms with Gasteiger partial charge in [0, 0.05) is 0 Å². The summed E-state index contributed by atoms with van der Waals surface area (Å²) in [4.78, 5) is 11.8. The number of alkyl halides is 1. The molecule has 1 aliphatic rings. The predicted octanol–water partition coefficient (Wildman–Crippen LogP) is -0.494. The molecular weight excluding hydrogens is 446 g/mol. The molecule has 2 unspecified atom stereocenters. The monoisotopic (exact) mass is 466 g/mol. The van der Waals surface area contributed by atoms with E-state index in [9.17, 15) is 9.18 Å². The van der Waals surface area contributed by atoms with Gasteiger partial charge >= 0.3 is 5.91 Å². The maximum absolute atomic E-state index is 13.4. The molecule has 1 aliphatic heterocycles. The van der Waals surface area contributed by atoms with Crippen molar-refractivity contribution >= 4 is 23.7 Å². The first-order valence-electron chi connectivity index (χ1n) is 7.39. The maximum Gasteiger partial charge on any atom is 0.385 e. The van der Waals surface area contributed by atoms with E-state index in [1.165, 1.54) is 6.21 Å². The van der Waals surface area contributed by atoms with E-state index in [2.05, 4.69) is 25.9 Å². The topological polar surface area (TPSA) is 43.1 Å². The molecule has 1 amide bonds.